The van der Waals surface area contributed by atoms with Crippen molar-refractivity contribution in [2.75, 3.05) is 0 Å². The Bertz CT molecular complexity index is 518. The number of rotatable bonds is 2. The predicted octanol–water partition coefficient (Wildman–Crippen LogP) is 3.61. The maximum Gasteiger partial charge on any atom is 0.153 e. The summed E-state index contributed by atoms with van der Waals surface area (Å²) in [5, 5.41) is 0. The first-order chi connectivity index (χ1) is 7.72. The second-order valence-corrected chi connectivity index (χ2v) is 3.67. The molecule has 0 amide bonds. The zero-order valence-electron chi connectivity index (χ0n) is 8.91. The van der Waals surface area contributed by atoms with Crippen LogP contribution in [0.25, 0.3) is 11.1 Å². The van der Waals surface area contributed by atoms with Gasteiger partial charge in [-0.25, -0.2) is 4.39 Å². The van der Waals surface area contributed by atoms with Gasteiger partial charge in [0.05, 0.1) is 5.56 Å². The van der Waals surface area contributed by atoms with Gasteiger partial charge in [-0.05, 0) is 35.7 Å². The number of benzene rings is 2. The molecule has 0 saturated heterocycles. The molecule has 0 aliphatic heterocycles. The average Bonchev–Trinajstić information content (AvgIpc) is 2.30. The lowest BCUT2D eigenvalue weighted by Crippen LogP contribution is -1.92. The molecule has 16 heavy (non-hydrogen) atoms. The molecule has 0 fully saturated rings. The molecule has 2 aromatic carbocycles. The molecule has 0 heterocycles. The Hall–Kier alpha value is -1.96. The first-order valence-corrected chi connectivity index (χ1v) is 5.03. The number of halogens is 1. The van der Waals surface area contributed by atoms with E-state index in [-0.39, 0.29) is 5.56 Å². The van der Waals surface area contributed by atoms with E-state index in [0.717, 1.165) is 16.7 Å². The molecule has 1 nitrogen and oxygen atoms in total. The molecule has 0 aromatic heterocycles. The van der Waals surface area contributed by atoms with Crippen molar-refractivity contribution in [1.29, 1.82) is 0 Å². The number of hydrogen-bond acceptors (Lipinski definition) is 1. The Balaban J connectivity index is 2.62. The van der Waals surface area contributed by atoms with E-state index >= 15 is 0 Å². The molecule has 0 aliphatic rings. The zero-order valence-corrected chi connectivity index (χ0v) is 8.91. The zero-order chi connectivity index (χ0) is 11.5. The lowest BCUT2D eigenvalue weighted by atomic mass is 9.98. The fraction of sp³-hybridized carbons (Fsp3) is 0.0714. The van der Waals surface area contributed by atoms with E-state index < -0.39 is 5.82 Å². The molecule has 0 radical (unpaired) electrons. The normalized spacial score (nSPS) is 10.1. The summed E-state index contributed by atoms with van der Waals surface area (Å²) in [5.41, 5.74) is 2.81. The SMILES string of the molecule is Cc1cc(F)c(C=O)cc1-c1ccccc1. The van der Waals surface area contributed by atoms with Gasteiger partial charge in [0.25, 0.3) is 0 Å². The Morgan fingerprint density at radius 3 is 2.44 bits per heavy atom. The van der Waals surface area contributed by atoms with Crippen LogP contribution in [-0.2, 0) is 0 Å². The number of aryl methyl sites for hydroxylation is 1. The number of hydrogen-bond donors (Lipinski definition) is 0. The standard InChI is InChI=1S/C14H11FO/c1-10-7-14(15)12(9-16)8-13(10)11-5-3-2-4-6-11/h2-9H,1H3. The van der Waals surface area contributed by atoms with Crippen molar-refractivity contribution in [2.24, 2.45) is 0 Å². The highest BCUT2D eigenvalue weighted by Gasteiger charge is 2.07. The summed E-state index contributed by atoms with van der Waals surface area (Å²) in [6.45, 7) is 1.83. The van der Waals surface area contributed by atoms with Crippen molar-refractivity contribution in [3.05, 3.63) is 59.4 Å². The van der Waals surface area contributed by atoms with Crippen LogP contribution < -0.4 is 0 Å². The molecule has 0 bridgehead atoms. The minimum Gasteiger partial charge on any atom is -0.298 e. The first-order valence-electron chi connectivity index (χ1n) is 5.03. The summed E-state index contributed by atoms with van der Waals surface area (Å²) in [6, 6.07) is 12.6. The lowest BCUT2D eigenvalue weighted by Gasteiger charge is -2.07. The van der Waals surface area contributed by atoms with Gasteiger partial charge in [0.2, 0.25) is 0 Å². The van der Waals surface area contributed by atoms with Crippen molar-refractivity contribution in [2.45, 2.75) is 6.92 Å². The Kier molecular flexibility index (Phi) is 2.82. The Morgan fingerprint density at radius 1 is 1.12 bits per heavy atom. The maximum atomic E-state index is 13.3. The van der Waals surface area contributed by atoms with E-state index in [4.69, 9.17) is 0 Å². The summed E-state index contributed by atoms with van der Waals surface area (Å²) < 4.78 is 13.3. The lowest BCUT2D eigenvalue weighted by molar-refractivity contribution is 0.112. The molecular formula is C14H11FO. The molecule has 2 heteroatoms. The minimum atomic E-state index is -0.466. The first kappa shape index (κ1) is 10.6. The van der Waals surface area contributed by atoms with Crippen molar-refractivity contribution in [3.8, 4) is 11.1 Å². The van der Waals surface area contributed by atoms with Crippen molar-refractivity contribution < 1.29 is 9.18 Å². The van der Waals surface area contributed by atoms with Crippen LogP contribution in [0.1, 0.15) is 15.9 Å². The van der Waals surface area contributed by atoms with Crippen LogP contribution in [0.4, 0.5) is 4.39 Å². The highest BCUT2D eigenvalue weighted by molar-refractivity contribution is 5.80. The fourth-order valence-corrected chi connectivity index (χ4v) is 1.71. The van der Waals surface area contributed by atoms with E-state index in [2.05, 4.69) is 0 Å². The van der Waals surface area contributed by atoms with E-state index in [0.29, 0.717) is 6.29 Å². The van der Waals surface area contributed by atoms with E-state index in [1.54, 1.807) is 6.07 Å². The van der Waals surface area contributed by atoms with Gasteiger partial charge in [-0.2, -0.15) is 0 Å². The summed E-state index contributed by atoms with van der Waals surface area (Å²) in [5.74, 6) is -0.466. The third-order valence-corrected chi connectivity index (χ3v) is 2.56. The average molecular weight is 214 g/mol. The summed E-state index contributed by atoms with van der Waals surface area (Å²) in [6.07, 6.45) is 0.543. The summed E-state index contributed by atoms with van der Waals surface area (Å²) in [4.78, 5) is 10.7. The van der Waals surface area contributed by atoms with Gasteiger partial charge in [0.1, 0.15) is 5.82 Å². The van der Waals surface area contributed by atoms with Gasteiger partial charge in [0.15, 0.2) is 6.29 Å². The third-order valence-electron chi connectivity index (χ3n) is 2.56. The molecule has 0 saturated carbocycles. The largest absolute Gasteiger partial charge is 0.298 e. The van der Waals surface area contributed by atoms with Gasteiger partial charge in [0, 0.05) is 0 Å². The summed E-state index contributed by atoms with van der Waals surface area (Å²) >= 11 is 0. The van der Waals surface area contributed by atoms with Crippen molar-refractivity contribution in [3.63, 3.8) is 0 Å². The molecule has 0 aliphatic carbocycles. The second-order valence-electron chi connectivity index (χ2n) is 3.67. The van der Waals surface area contributed by atoms with E-state index in [1.165, 1.54) is 6.07 Å². The van der Waals surface area contributed by atoms with Crippen molar-refractivity contribution >= 4 is 6.29 Å². The number of aldehydes is 1. The molecule has 80 valence electrons. The maximum absolute atomic E-state index is 13.3. The van der Waals surface area contributed by atoms with Crippen LogP contribution in [0, 0.1) is 12.7 Å². The monoisotopic (exact) mass is 214 g/mol. The molecule has 0 N–H and O–H groups in total. The van der Waals surface area contributed by atoms with Gasteiger partial charge >= 0.3 is 0 Å². The highest BCUT2D eigenvalue weighted by Crippen LogP contribution is 2.25. The van der Waals surface area contributed by atoms with Gasteiger partial charge in [-0.3, -0.25) is 4.79 Å². The van der Waals surface area contributed by atoms with Crippen LogP contribution in [-0.4, -0.2) is 6.29 Å². The fourth-order valence-electron chi connectivity index (χ4n) is 1.71. The van der Waals surface area contributed by atoms with Crippen LogP contribution >= 0.6 is 0 Å². The third kappa shape index (κ3) is 1.87. The Labute approximate surface area is 93.5 Å². The van der Waals surface area contributed by atoms with E-state index in [9.17, 15) is 9.18 Å². The molecule has 0 spiro atoms. The van der Waals surface area contributed by atoms with Crippen LogP contribution in [0.15, 0.2) is 42.5 Å². The number of carbonyl (C=O) groups excluding carboxylic acids is 1. The minimum absolute atomic E-state index is 0.101. The molecular weight excluding hydrogens is 203 g/mol. The smallest absolute Gasteiger partial charge is 0.153 e. The predicted molar refractivity (Wildman–Crippen MR) is 62.0 cm³/mol. The van der Waals surface area contributed by atoms with Gasteiger partial charge < -0.3 is 0 Å². The van der Waals surface area contributed by atoms with Gasteiger partial charge in [-0.1, -0.05) is 30.3 Å². The quantitative estimate of drug-likeness (QED) is 0.698. The van der Waals surface area contributed by atoms with Crippen LogP contribution in [0.2, 0.25) is 0 Å². The second kappa shape index (κ2) is 4.27. The molecule has 0 atom stereocenters. The van der Waals surface area contributed by atoms with E-state index in [1.807, 2.05) is 37.3 Å². The van der Waals surface area contributed by atoms with Crippen LogP contribution in [0.3, 0.4) is 0 Å². The highest BCUT2D eigenvalue weighted by atomic mass is 19.1. The van der Waals surface area contributed by atoms with Crippen LogP contribution in [0.5, 0.6) is 0 Å². The summed E-state index contributed by atoms with van der Waals surface area (Å²) in [7, 11) is 0. The Morgan fingerprint density at radius 2 is 1.81 bits per heavy atom. The molecule has 2 rings (SSSR count). The molecule has 0 unspecified atom stereocenters. The topological polar surface area (TPSA) is 17.1 Å². The van der Waals surface area contributed by atoms with Crippen molar-refractivity contribution in [1.82, 2.24) is 0 Å². The molecule has 2 aromatic rings. The number of carbonyl (C=O) groups is 1. The van der Waals surface area contributed by atoms with Gasteiger partial charge in [-0.15, -0.1) is 0 Å².